The van der Waals surface area contributed by atoms with E-state index in [0.717, 1.165) is 5.56 Å². The zero-order valence-electron chi connectivity index (χ0n) is 11.5. The molecule has 20 heavy (non-hydrogen) atoms. The van der Waals surface area contributed by atoms with Crippen molar-refractivity contribution in [2.75, 3.05) is 20.8 Å². The summed E-state index contributed by atoms with van der Waals surface area (Å²) in [5, 5.41) is 3.39. The molecule has 7 heteroatoms. The highest BCUT2D eigenvalue weighted by Gasteiger charge is 2.12. The molecule has 0 bridgehead atoms. The second-order valence-electron chi connectivity index (χ2n) is 4.03. The molecule has 0 fully saturated rings. The second kappa shape index (κ2) is 9.83. The van der Waals surface area contributed by atoms with Crippen LogP contribution in [-0.4, -0.2) is 32.8 Å². The molecule has 1 rings (SSSR count). The van der Waals surface area contributed by atoms with E-state index < -0.39 is 0 Å². The van der Waals surface area contributed by atoms with E-state index in [4.69, 9.17) is 26.8 Å². The van der Waals surface area contributed by atoms with Gasteiger partial charge in [-0.25, -0.2) is 0 Å². The number of hydrogen-bond donors (Lipinski definition) is 2. The molecule has 1 amide bonds. The molecule has 0 saturated carbocycles. The van der Waals surface area contributed by atoms with Crippen LogP contribution in [0, 0.1) is 0 Å². The Morgan fingerprint density at radius 3 is 2.70 bits per heavy atom. The monoisotopic (exact) mass is 322 g/mol. The first kappa shape index (κ1) is 19.0. The number of hydrogen-bond acceptors (Lipinski definition) is 4. The summed E-state index contributed by atoms with van der Waals surface area (Å²) in [6, 6.07) is 5.28. The summed E-state index contributed by atoms with van der Waals surface area (Å²) in [5.41, 5.74) is 6.32. The quantitative estimate of drug-likeness (QED) is 0.802. The number of halogens is 2. The van der Waals surface area contributed by atoms with Crippen LogP contribution in [0.4, 0.5) is 0 Å². The minimum Gasteiger partial charge on any atom is -0.496 e. The van der Waals surface area contributed by atoms with Gasteiger partial charge in [0.05, 0.1) is 19.6 Å². The first-order chi connectivity index (χ1) is 9.10. The Bertz CT molecular complexity index is 426. The van der Waals surface area contributed by atoms with Gasteiger partial charge in [0.25, 0.3) is 0 Å². The fourth-order valence-electron chi connectivity index (χ4n) is 1.60. The normalized spacial score (nSPS) is 11.4. The number of nitrogens with two attached hydrogens (primary N) is 1. The van der Waals surface area contributed by atoms with E-state index in [2.05, 4.69) is 5.32 Å². The van der Waals surface area contributed by atoms with Crippen molar-refractivity contribution < 1.29 is 14.3 Å². The molecule has 1 aromatic carbocycles. The van der Waals surface area contributed by atoms with Crippen LogP contribution in [0.25, 0.3) is 0 Å². The fourth-order valence-corrected chi connectivity index (χ4v) is 1.76. The lowest BCUT2D eigenvalue weighted by Crippen LogP contribution is -2.32. The average molecular weight is 323 g/mol. The van der Waals surface area contributed by atoms with E-state index in [1.165, 1.54) is 7.11 Å². The zero-order valence-corrected chi connectivity index (χ0v) is 13.1. The number of nitrogens with one attached hydrogen (secondary N) is 1. The maximum atomic E-state index is 11.7. The molecule has 0 spiro atoms. The van der Waals surface area contributed by atoms with Crippen LogP contribution in [-0.2, 0) is 16.1 Å². The van der Waals surface area contributed by atoms with Gasteiger partial charge in [-0.15, -0.1) is 12.4 Å². The summed E-state index contributed by atoms with van der Waals surface area (Å²) in [5.74, 6) is 0.532. The van der Waals surface area contributed by atoms with Gasteiger partial charge in [-0.1, -0.05) is 17.7 Å². The van der Waals surface area contributed by atoms with Gasteiger partial charge in [0.2, 0.25) is 5.91 Å². The second-order valence-corrected chi connectivity index (χ2v) is 4.47. The van der Waals surface area contributed by atoms with Gasteiger partial charge >= 0.3 is 0 Å². The number of benzene rings is 1. The third-order valence-electron chi connectivity index (χ3n) is 2.73. The Hall–Kier alpha value is -1.01. The third kappa shape index (κ3) is 5.96. The lowest BCUT2D eigenvalue weighted by Gasteiger charge is -2.13. The number of carbonyl (C=O) groups is 1. The average Bonchev–Trinajstić information content (AvgIpc) is 2.43. The van der Waals surface area contributed by atoms with E-state index in [9.17, 15) is 4.79 Å². The van der Waals surface area contributed by atoms with E-state index in [1.807, 2.05) is 6.07 Å². The van der Waals surface area contributed by atoms with Gasteiger partial charge in [-0.3, -0.25) is 4.79 Å². The Labute approximate surface area is 130 Å². The predicted octanol–water partition coefficient (Wildman–Crippen LogP) is 1.75. The van der Waals surface area contributed by atoms with Crippen molar-refractivity contribution in [2.45, 2.75) is 19.1 Å². The van der Waals surface area contributed by atoms with Crippen LogP contribution in [0.1, 0.15) is 12.0 Å². The summed E-state index contributed by atoms with van der Waals surface area (Å²) in [4.78, 5) is 11.7. The molecule has 0 radical (unpaired) electrons. The van der Waals surface area contributed by atoms with E-state index in [0.29, 0.717) is 23.9 Å². The molecule has 1 atom stereocenters. The molecule has 3 N–H and O–H groups in total. The van der Waals surface area contributed by atoms with Crippen molar-refractivity contribution in [3.8, 4) is 5.75 Å². The number of carbonyl (C=O) groups excluding carboxylic acids is 1. The smallest absolute Gasteiger partial charge is 0.222 e. The van der Waals surface area contributed by atoms with Gasteiger partial charge in [0.1, 0.15) is 5.75 Å². The van der Waals surface area contributed by atoms with Gasteiger partial charge in [-0.05, 0) is 12.1 Å². The highest BCUT2D eigenvalue weighted by Crippen LogP contribution is 2.22. The topological polar surface area (TPSA) is 73.6 Å². The highest BCUT2D eigenvalue weighted by atomic mass is 35.5. The van der Waals surface area contributed by atoms with Gasteiger partial charge in [0, 0.05) is 30.8 Å². The van der Waals surface area contributed by atoms with Crippen LogP contribution >= 0.6 is 24.0 Å². The van der Waals surface area contributed by atoms with E-state index >= 15 is 0 Å². The maximum absolute atomic E-state index is 11.7. The third-order valence-corrected chi connectivity index (χ3v) is 2.97. The van der Waals surface area contributed by atoms with E-state index in [1.54, 1.807) is 19.2 Å². The number of methoxy groups -OCH3 is 2. The fraction of sp³-hybridized carbons (Fsp3) is 0.462. The summed E-state index contributed by atoms with van der Waals surface area (Å²) in [7, 11) is 3.10. The molecule has 114 valence electrons. The molecule has 0 saturated heterocycles. The summed E-state index contributed by atoms with van der Waals surface area (Å²) in [6.07, 6.45) is -0.0183. The summed E-state index contributed by atoms with van der Waals surface area (Å²) < 4.78 is 10.3. The van der Waals surface area contributed by atoms with Gasteiger partial charge in [0.15, 0.2) is 0 Å². The number of amides is 1. The Morgan fingerprint density at radius 2 is 2.15 bits per heavy atom. The lowest BCUT2D eigenvalue weighted by atomic mass is 10.2. The van der Waals surface area contributed by atoms with Crippen LogP contribution < -0.4 is 15.8 Å². The molecular formula is C13H20Cl2N2O3. The predicted molar refractivity (Wildman–Crippen MR) is 81.6 cm³/mol. The maximum Gasteiger partial charge on any atom is 0.222 e. The van der Waals surface area contributed by atoms with Crippen molar-refractivity contribution in [1.82, 2.24) is 5.32 Å². The summed E-state index contributed by atoms with van der Waals surface area (Å²) >= 11 is 5.87. The minimum atomic E-state index is -0.257. The molecule has 0 aliphatic heterocycles. The Balaban J connectivity index is 0.00000361. The van der Waals surface area contributed by atoms with Crippen LogP contribution in [0.5, 0.6) is 5.75 Å². The van der Waals surface area contributed by atoms with Crippen LogP contribution in [0.15, 0.2) is 18.2 Å². The van der Waals surface area contributed by atoms with Crippen LogP contribution in [0.3, 0.4) is 0 Å². The van der Waals surface area contributed by atoms with Crippen LogP contribution in [0.2, 0.25) is 5.02 Å². The first-order valence-corrected chi connectivity index (χ1v) is 6.30. The van der Waals surface area contributed by atoms with Crippen molar-refractivity contribution in [3.05, 3.63) is 28.8 Å². The van der Waals surface area contributed by atoms with Gasteiger partial charge < -0.3 is 20.5 Å². The molecule has 0 heterocycles. The zero-order chi connectivity index (χ0) is 14.3. The number of rotatable bonds is 7. The highest BCUT2D eigenvalue weighted by molar-refractivity contribution is 6.30. The first-order valence-electron chi connectivity index (χ1n) is 5.92. The minimum absolute atomic E-state index is 0. The van der Waals surface area contributed by atoms with Gasteiger partial charge in [-0.2, -0.15) is 0 Å². The standard InChI is InChI=1S/C13H19ClN2O3.ClH/c1-18-11(7-15)6-13(17)16-8-9-3-4-10(14)5-12(9)19-2;/h3-5,11H,6-8,15H2,1-2H3,(H,16,17);1H. The SMILES string of the molecule is COc1cc(Cl)ccc1CNC(=O)CC(CN)OC.Cl. The molecule has 1 unspecified atom stereocenters. The largest absolute Gasteiger partial charge is 0.496 e. The van der Waals surface area contributed by atoms with Crippen molar-refractivity contribution in [2.24, 2.45) is 5.73 Å². The van der Waals surface area contributed by atoms with E-state index in [-0.39, 0.29) is 30.8 Å². The molecule has 0 aliphatic rings. The van der Waals surface area contributed by atoms with Crippen molar-refractivity contribution >= 4 is 29.9 Å². The molecule has 1 aromatic rings. The molecule has 0 aliphatic carbocycles. The molecule has 0 aromatic heterocycles. The van der Waals surface area contributed by atoms with Crippen molar-refractivity contribution in [1.29, 1.82) is 0 Å². The Kier molecular flexibility index (Phi) is 9.33. The number of ether oxygens (including phenoxy) is 2. The molecule has 5 nitrogen and oxygen atoms in total. The summed E-state index contributed by atoms with van der Waals surface area (Å²) in [6.45, 7) is 0.689. The lowest BCUT2D eigenvalue weighted by molar-refractivity contribution is -0.123. The molecular weight excluding hydrogens is 303 g/mol. The van der Waals surface area contributed by atoms with Crippen molar-refractivity contribution in [3.63, 3.8) is 0 Å². The Morgan fingerprint density at radius 1 is 1.45 bits per heavy atom.